The highest BCUT2D eigenvalue weighted by Crippen LogP contribution is 2.36. The van der Waals surface area contributed by atoms with E-state index in [1.165, 1.54) is 28.7 Å². The van der Waals surface area contributed by atoms with E-state index in [-0.39, 0.29) is 11.7 Å². The molecule has 0 aliphatic heterocycles. The van der Waals surface area contributed by atoms with Crippen molar-refractivity contribution in [2.24, 2.45) is 0 Å². The Labute approximate surface area is 156 Å². The molecule has 0 N–H and O–H groups in total. The Balaban J connectivity index is 1.65. The molecule has 0 heterocycles. The van der Waals surface area contributed by atoms with Gasteiger partial charge in [-0.05, 0) is 71.2 Å². The summed E-state index contributed by atoms with van der Waals surface area (Å²) in [6.45, 7) is 4.36. The van der Waals surface area contributed by atoms with Gasteiger partial charge in [0.25, 0.3) is 0 Å². The molecule has 0 saturated carbocycles. The van der Waals surface area contributed by atoms with Crippen molar-refractivity contribution < 1.29 is 4.39 Å². The van der Waals surface area contributed by atoms with Crippen molar-refractivity contribution in [3.63, 3.8) is 0 Å². The summed E-state index contributed by atoms with van der Waals surface area (Å²) in [4.78, 5) is 0. The molecule has 0 bridgehead atoms. The van der Waals surface area contributed by atoms with Gasteiger partial charge in [-0.2, -0.15) is 0 Å². The maximum absolute atomic E-state index is 15.2. The third kappa shape index (κ3) is 3.16. The number of halogens is 1. The van der Waals surface area contributed by atoms with Crippen molar-refractivity contribution in [1.29, 1.82) is 0 Å². The molecular weight excluding hydrogens is 319 g/mol. The standard InChI is InChI=1S/C25H27F/c1-3-5-18-6-8-20-16-22(10-9-19(20)15-18)24-13-11-21-14-17(4-2)7-12-23(21)25(24)26/h6-8,11-15,22H,3-5,9-10,16H2,1-2H3. The molecule has 0 fully saturated rings. The van der Waals surface area contributed by atoms with Gasteiger partial charge in [0.2, 0.25) is 0 Å². The Morgan fingerprint density at radius 1 is 0.923 bits per heavy atom. The lowest BCUT2D eigenvalue weighted by Crippen LogP contribution is -2.14. The van der Waals surface area contributed by atoms with Crippen LogP contribution in [0.5, 0.6) is 0 Å². The molecule has 1 atom stereocenters. The number of fused-ring (bicyclic) bond motifs is 2. The van der Waals surface area contributed by atoms with Gasteiger partial charge in [0.15, 0.2) is 0 Å². The van der Waals surface area contributed by atoms with Gasteiger partial charge in [-0.3, -0.25) is 0 Å². The van der Waals surface area contributed by atoms with E-state index in [9.17, 15) is 0 Å². The molecule has 0 aromatic heterocycles. The van der Waals surface area contributed by atoms with Gasteiger partial charge in [0.1, 0.15) is 5.82 Å². The Bertz CT molecular complexity index is 938. The summed E-state index contributed by atoms with van der Waals surface area (Å²) in [7, 11) is 0. The highest BCUT2D eigenvalue weighted by molar-refractivity contribution is 5.84. The third-order valence-electron chi connectivity index (χ3n) is 5.93. The van der Waals surface area contributed by atoms with Crippen LogP contribution in [0.1, 0.15) is 60.4 Å². The third-order valence-corrected chi connectivity index (χ3v) is 5.93. The molecule has 4 rings (SSSR count). The second-order valence-electron chi connectivity index (χ2n) is 7.67. The number of hydrogen-bond acceptors (Lipinski definition) is 0. The lowest BCUT2D eigenvalue weighted by Gasteiger charge is -2.26. The second-order valence-corrected chi connectivity index (χ2v) is 7.67. The van der Waals surface area contributed by atoms with E-state index < -0.39 is 0 Å². The topological polar surface area (TPSA) is 0 Å². The molecule has 1 aliphatic carbocycles. The minimum absolute atomic E-state index is 0.0128. The summed E-state index contributed by atoms with van der Waals surface area (Å²) < 4.78 is 15.2. The molecule has 26 heavy (non-hydrogen) atoms. The predicted octanol–water partition coefficient (Wildman–Crippen LogP) is 6.77. The highest BCUT2D eigenvalue weighted by Gasteiger charge is 2.23. The smallest absolute Gasteiger partial charge is 0.134 e. The van der Waals surface area contributed by atoms with Crippen molar-refractivity contribution >= 4 is 10.8 Å². The first-order valence-electron chi connectivity index (χ1n) is 10.0. The quantitative estimate of drug-likeness (QED) is 0.489. The molecule has 3 aromatic rings. The monoisotopic (exact) mass is 346 g/mol. The zero-order valence-corrected chi connectivity index (χ0v) is 15.8. The van der Waals surface area contributed by atoms with Crippen molar-refractivity contribution in [2.75, 3.05) is 0 Å². The van der Waals surface area contributed by atoms with Crippen LogP contribution in [0, 0.1) is 5.82 Å². The molecule has 0 radical (unpaired) electrons. The van der Waals surface area contributed by atoms with Crippen LogP contribution >= 0.6 is 0 Å². The van der Waals surface area contributed by atoms with Gasteiger partial charge in [-0.15, -0.1) is 0 Å². The van der Waals surface area contributed by atoms with Crippen LogP contribution in [0.25, 0.3) is 10.8 Å². The molecule has 3 aromatic carbocycles. The summed E-state index contributed by atoms with van der Waals surface area (Å²) in [6.07, 6.45) is 6.37. The minimum Gasteiger partial charge on any atom is -0.206 e. The minimum atomic E-state index is -0.0128. The van der Waals surface area contributed by atoms with E-state index in [0.29, 0.717) is 0 Å². The Morgan fingerprint density at radius 3 is 2.58 bits per heavy atom. The van der Waals surface area contributed by atoms with Crippen LogP contribution in [0.3, 0.4) is 0 Å². The maximum Gasteiger partial charge on any atom is 0.134 e. The summed E-state index contributed by atoms with van der Waals surface area (Å²) in [5, 5.41) is 1.79. The highest BCUT2D eigenvalue weighted by atomic mass is 19.1. The van der Waals surface area contributed by atoms with E-state index in [4.69, 9.17) is 0 Å². The lowest BCUT2D eigenvalue weighted by atomic mass is 9.79. The van der Waals surface area contributed by atoms with Gasteiger partial charge < -0.3 is 0 Å². The molecular formula is C25H27F. The Morgan fingerprint density at radius 2 is 1.77 bits per heavy atom. The summed E-state index contributed by atoms with van der Waals surface area (Å²) in [5.74, 6) is 0.274. The molecule has 1 heteroatoms. The lowest BCUT2D eigenvalue weighted by molar-refractivity contribution is 0.539. The SMILES string of the molecule is CCCc1ccc2c(c1)CCC(c1ccc3cc(CC)ccc3c1F)C2. The zero-order chi connectivity index (χ0) is 18.1. The molecule has 0 spiro atoms. The Kier molecular flexibility index (Phi) is 4.80. The van der Waals surface area contributed by atoms with Crippen LogP contribution in [-0.2, 0) is 25.7 Å². The van der Waals surface area contributed by atoms with Crippen molar-refractivity contribution in [1.82, 2.24) is 0 Å². The number of aryl methyl sites for hydroxylation is 3. The van der Waals surface area contributed by atoms with Crippen molar-refractivity contribution in [3.8, 4) is 0 Å². The number of hydrogen-bond donors (Lipinski definition) is 0. The number of rotatable bonds is 4. The molecule has 1 aliphatic rings. The fourth-order valence-electron chi connectivity index (χ4n) is 4.41. The van der Waals surface area contributed by atoms with Crippen LogP contribution in [0.2, 0.25) is 0 Å². The molecule has 1 unspecified atom stereocenters. The average Bonchev–Trinajstić information content (AvgIpc) is 2.68. The van der Waals surface area contributed by atoms with Crippen LogP contribution in [-0.4, -0.2) is 0 Å². The normalized spacial score (nSPS) is 16.7. The van der Waals surface area contributed by atoms with Crippen molar-refractivity contribution in [2.45, 2.75) is 58.3 Å². The van der Waals surface area contributed by atoms with E-state index in [1.807, 2.05) is 12.1 Å². The van der Waals surface area contributed by atoms with Crippen molar-refractivity contribution in [3.05, 3.63) is 82.2 Å². The first-order valence-corrected chi connectivity index (χ1v) is 10.0. The van der Waals surface area contributed by atoms with E-state index >= 15 is 4.39 Å². The van der Waals surface area contributed by atoms with E-state index in [2.05, 4.69) is 50.2 Å². The largest absolute Gasteiger partial charge is 0.206 e. The first-order chi connectivity index (χ1) is 12.7. The molecule has 0 amide bonds. The zero-order valence-electron chi connectivity index (χ0n) is 15.8. The summed E-state index contributed by atoms with van der Waals surface area (Å²) in [6, 6.07) is 17.2. The Hall–Kier alpha value is -2.15. The van der Waals surface area contributed by atoms with Gasteiger partial charge in [-0.1, -0.05) is 68.8 Å². The molecule has 0 nitrogen and oxygen atoms in total. The van der Waals surface area contributed by atoms with E-state index in [0.717, 1.165) is 48.4 Å². The average molecular weight is 346 g/mol. The maximum atomic E-state index is 15.2. The fraction of sp³-hybridized carbons (Fsp3) is 0.360. The fourth-order valence-corrected chi connectivity index (χ4v) is 4.41. The molecule has 0 saturated heterocycles. The summed E-state index contributed by atoms with van der Waals surface area (Å²) in [5.41, 5.74) is 6.47. The first kappa shape index (κ1) is 17.3. The molecule has 134 valence electrons. The van der Waals surface area contributed by atoms with Crippen LogP contribution in [0.4, 0.5) is 4.39 Å². The van der Waals surface area contributed by atoms with Gasteiger partial charge >= 0.3 is 0 Å². The van der Waals surface area contributed by atoms with E-state index in [1.54, 1.807) is 0 Å². The van der Waals surface area contributed by atoms with Gasteiger partial charge in [0.05, 0.1) is 0 Å². The second kappa shape index (κ2) is 7.23. The predicted molar refractivity (Wildman–Crippen MR) is 108 cm³/mol. The van der Waals surface area contributed by atoms with Gasteiger partial charge in [0, 0.05) is 5.39 Å². The van der Waals surface area contributed by atoms with Gasteiger partial charge in [-0.25, -0.2) is 4.39 Å². The van der Waals surface area contributed by atoms with Crippen LogP contribution in [0.15, 0.2) is 48.5 Å². The number of benzene rings is 3. The summed E-state index contributed by atoms with van der Waals surface area (Å²) >= 11 is 0. The van der Waals surface area contributed by atoms with Crippen LogP contribution < -0.4 is 0 Å².